The van der Waals surface area contributed by atoms with Crippen molar-refractivity contribution < 1.29 is 4.79 Å². The molecule has 0 aliphatic carbocycles. The Bertz CT molecular complexity index is 66.0. The molecule has 41 valence electrons. The van der Waals surface area contributed by atoms with Gasteiger partial charge in [0.25, 0.3) is 0 Å². The molecule has 0 rings (SSSR count). The summed E-state index contributed by atoms with van der Waals surface area (Å²) in [5.74, 6) is 0.350. The summed E-state index contributed by atoms with van der Waals surface area (Å²) in [4.78, 5) is 9.76. The van der Waals surface area contributed by atoms with E-state index in [9.17, 15) is 4.79 Å². The van der Waals surface area contributed by atoms with Gasteiger partial charge in [0, 0.05) is 5.88 Å². The van der Waals surface area contributed by atoms with Gasteiger partial charge in [-0.25, -0.2) is 10.1 Å². The number of alkyl halides is 1. The van der Waals surface area contributed by atoms with Crippen LogP contribution in [0.4, 0.5) is 4.79 Å². The summed E-state index contributed by atoms with van der Waals surface area (Å²) in [5.41, 5.74) is 4.61. The van der Waals surface area contributed by atoms with E-state index in [1.165, 1.54) is 0 Å². The van der Waals surface area contributed by atoms with Gasteiger partial charge < -0.3 is 5.73 Å². The molecular formula is C3H6ClN2O. The lowest BCUT2D eigenvalue weighted by atomic mass is 10.7. The van der Waals surface area contributed by atoms with E-state index in [0.717, 1.165) is 0 Å². The van der Waals surface area contributed by atoms with Crippen LogP contribution in [-0.2, 0) is 0 Å². The molecule has 7 heavy (non-hydrogen) atoms. The first kappa shape index (κ1) is 6.56. The number of rotatable bonds is 2. The molecule has 4 heteroatoms. The Kier molecular flexibility index (Phi) is 3.50. The Morgan fingerprint density at radius 1 is 1.86 bits per heavy atom. The average molecular weight is 122 g/mol. The Balaban J connectivity index is 2.82. The van der Waals surface area contributed by atoms with Crippen molar-refractivity contribution in [2.75, 3.05) is 12.4 Å². The second-order valence-corrected chi connectivity index (χ2v) is 1.29. The lowest BCUT2D eigenvalue weighted by molar-refractivity contribution is 0.249. The molecule has 0 aliphatic heterocycles. The Morgan fingerprint density at radius 3 is 2.57 bits per heavy atom. The molecule has 0 aliphatic rings. The van der Waals surface area contributed by atoms with Gasteiger partial charge in [0.05, 0.1) is 6.54 Å². The molecule has 0 aromatic carbocycles. The fraction of sp³-hybridized carbons (Fsp3) is 0.667. The van der Waals surface area contributed by atoms with E-state index in [2.05, 4.69) is 11.1 Å². The molecule has 0 heterocycles. The van der Waals surface area contributed by atoms with Crippen LogP contribution in [0.1, 0.15) is 0 Å². The number of halogens is 1. The highest BCUT2D eigenvalue weighted by Gasteiger charge is 1.88. The van der Waals surface area contributed by atoms with Crippen LogP contribution in [0.3, 0.4) is 0 Å². The third-order valence-electron chi connectivity index (χ3n) is 0.352. The summed E-state index contributed by atoms with van der Waals surface area (Å²) in [5, 5.41) is 3.25. The average Bonchev–Trinajstić information content (AvgIpc) is 1.61. The molecule has 0 atom stereocenters. The highest BCUT2D eigenvalue weighted by atomic mass is 35.5. The summed E-state index contributed by atoms with van der Waals surface area (Å²) < 4.78 is 0. The summed E-state index contributed by atoms with van der Waals surface area (Å²) in [6.07, 6.45) is 0. The van der Waals surface area contributed by atoms with Gasteiger partial charge in [-0.15, -0.1) is 11.6 Å². The Morgan fingerprint density at radius 2 is 2.43 bits per heavy atom. The van der Waals surface area contributed by atoms with Crippen molar-refractivity contribution in [3.8, 4) is 0 Å². The van der Waals surface area contributed by atoms with Crippen molar-refractivity contribution in [1.29, 1.82) is 0 Å². The molecule has 0 fully saturated rings. The van der Waals surface area contributed by atoms with Crippen LogP contribution in [0.5, 0.6) is 0 Å². The molecule has 1 radical (unpaired) electrons. The zero-order valence-corrected chi connectivity index (χ0v) is 4.48. The fourth-order valence-corrected chi connectivity index (χ4v) is 0.237. The third-order valence-corrected chi connectivity index (χ3v) is 0.521. The van der Waals surface area contributed by atoms with E-state index in [1.54, 1.807) is 0 Å². The Hall–Kier alpha value is -0.440. The number of amides is 2. The smallest absolute Gasteiger partial charge is 0.333 e. The number of hydrogen-bond acceptors (Lipinski definition) is 1. The van der Waals surface area contributed by atoms with Gasteiger partial charge in [-0.1, -0.05) is 0 Å². The first-order valence-corrected chi connectivity index (χ1v) is 2.33. The molecule has 3 nitrogen and oxygen atoms in total. The highest BCUT2D eigenvalue weighted by molar-refractivity contribution is 6.18. The van der Waals surface area contributed by atoms with E-state index < -0.39 is 6.03 Å². The zero-order chi connectivity index (χ0) is 5.70. The summed E-state index contributed by atoms with van der Waals surface area (Å²) in [6, 6.07) is -0.652. The maximum Gasteiger partial charge on any atom is 0.333 e. The minimum Gasteiger partial charge on any atom is -0.350 e. The highest BCUT2D eigenvalue weighted by Crippen LogP contribution is 1.69. The van der Waals surface area contributed by atoms with Gasteiger partial charge in [0.15, 0.2) is 0 Å². The SMILES string of the molecule is NC(=O)[N]CCCl. The molecule has 0 unspecified atom stereocenters. The number of carbonyl (C=O) groups excluding carboxylic acids is 1. The molecule has 0 aromatic heterocycles. The minimum absolute atomic E-state index is 0.316. The quantitative estimate of drug-likeness (QED) is 0.510. The van der Waals surface area contributed by atoms with Gasteiger partial charge in [0.2, 0.25) is 0 Å². The second-order valence-electron chi connectivity index (χ2n) is 0.909. The normalized spacial score (nSPS) is 8.14. The van der Waals surface area contributed by atoms with Gasteiger partial charge in [0.1, 0.15) is 0 Å². The number of primary amides is 1. The molecule has 0 saturated carbocycles. The lowest BCUT2D eigenvalue weighted by Gasteiger charge is -1.87. The number of hydrogen-bond donors (Lipinski definition) is 1. The fourth-order valence-electron chi connectivity index (χ4n) is 0.152. The zero-order valence-electron chi connectivity index (χ0n) is 3.72. The van der Waals surface area contributed by atoms with Crippen LogP contribution in [-0.4, -0.2) is 18.5 Å². The van der Waals surface area contributed by atoms with Gasteiger partial charge >= 0.3 is 6.03 Å². The molecule has 2 amide bonds. The summed E-state index contributed by atoms with van der Waals surface area (Å²) in [7, 11) is 0. The molecular weight excluding hydrogens is 115 g/mol. The van der Waals surface area contributed by atoms with E-state index in [0.29, 0.717) is 12.4 Å². The van der Waals surface area contributed by atoms with Crippen molar-refractivity contribution in [3.63, 3.8) is 0 Å². The van der Waals surface area contributed by atoms with Crippen LogP contribution >= 0.6 is 11.6 Å². The van der Waals surface area contributed by atoms with Crippen molar-refractivity contribution >= 4 is 17.6 Å². The van der Waals surface area contributed by atoms with Crippen molar-refractivity contribution in [2.24, 2.45) is 5.73 Å². The van der Waals surface area contributed by atoms with E-state index in [1.807, 2.05) is 0 Å². The predicted molar refractivity (Wildman–Crippen MR) is 27.3 cm³/mol. The summed E-state index contributed by atoms with van der Waals surface area (Å²) >= 11 is 5.14. The third kappa shape index (κ3) is 5.56. The predicted octanol–water partition coefficient (Wildman–Crippen LogP) is -0.0917. The first-order chi connectivity index (χ1) is 3.27. The van der Waals surface area contributed by atoms with E-state index in [-0.39, 0.29) is 0 Å². The summed E-state index contributed by atoms with van der Waals surface area (Å²) in [6.45, 7) is 0.316. The number of nitrogens with two attached hydrogens (primary N) is 1. The number of urea groups is 1. The van der Waals surface area contributed by atoms with Crippen LogP contribution in [0, 0.1) is 0 Å². The molecule has 0 saturated heterocycles. The minimum atomic E-state index is -0.652. The Labute approximate surface area is 46.8 Å². The van der Waals surface area contributed by atoms with Crippen LogP contribution in [0.15, 0.2) is 0 Å². The van der Waals surface area contributed by atoms with Crippen LogP contribution in [0.25, 0.3) is 0 Å². The van der Waals surface area contributed by atoms with Crippen molar-refractivity contribution in [1.82, 2.24) is 5.32 Å². The van der Waals surface area contributed by atoms with Crippen LogP contribution in [0.2, 0.25) is 0 Å². The number of nitrogens with zero attached hydrogens (tertiary/aromatic N) is 1. The van der Waals surface area contributed by atoms with E-state index >= 15 is 0 Å². The van der Waals surface area contributed by atoms with Gasteiger partial charge in [-0.05, 0) is 0 Å². The molecule has 2 N–H and O–H groups in total. The largest absolute Gasteiger partial charge is 0.350 e. The molecule has 0 bridgehead atoms. The first-order valence-electron chi connectivity index (χ1n) is 1.80. The van der Waals surface area contributed by atoms with Gasteiger partial charge in [-0.2, -0.15) is 0 Å². The van der Waals surface area contributed by atoms with Crippen molar-refractivity contribution in [2.45, 2.75) is 0 Å². The molecule has 0 spiro atoms. The maximum atomic E-state index is 9.76. The molecule has 0 aromatic rings. The van der Waals surface area contributed by atoms with E-state index in [4.69, 9.17) is 11.6 Å². The van der Waals surface area contributed by atoms with Crippen LogP contribution < -0.4 is 11.1 Å². The number of carbonyl (C=O) groups is 1. The standard InChI is InChI=1S/C3H6ClN2O/c4-1-2-6-3(5)7/h1-2H2,(H2,5,7). The van der Waals surface area contributed by atoms with Crippen molar-refractivity contribution in [3.05, 3.63) is 0 Å². The lowest BCUT2D eigenvalue weighted by Crippen LogP contribution is -2.23. The monoisotopic (exact) mass is 121 g/mol. The second kappa shape index (κ2) is 3.74. The maximum absolute atomic E-state index is 9.76. The topological polar surface area (TPSA) is 57.2 Å². The van der Waals surface area contributed by atoms with Gasteiger partial charge in [-0.3, -0.25) is 0 Å².